The molecular weight excluding hydrogens is 181 g/mol. The molecule has 0 aliphatic carbocycles. The molecule has 3 heteroatoms. The predicted octanol–water partition coefficient (Wildman–Crippen LogP) is 2.64. The van der Waals surface area contributed by atoms with Crippen LogP contribution < -0.4 is 5.32 Å². The van der Waals surface area contributed by atoms with Gasteiger partial charge >= 0.3 is 0 Å². The second-order valence-electron chi connectivity index (χ2n) is 1.65. The highest BCUT2D eigenvalue weighted by molar-refractivity contribution is 6.25. The minimum Gasteiger partial charge on any atom is -0.368 e. The lowest BCUT2D eigenvalue weighted by molar-refractivity contribution is 1.20. The normalized spacial score (nSPS) is 12.9. The molecule has 0 saturated carbocycles. The Morgan fingerprint density at radius 2 is 1.27 bits per heavy atom. The third kappa shape index (κ3) is 9.60. The Hall–Kier alpha value is -0.400. The second-order valence-corrected chi connectivity index (χ2v) is 2.40. The molecule has 0 aromatic heterocycles. The summed E-state index contributed by atoms with van der Waals surface area (Å²) in [7, 11) is 0. The molecular formula is C8H11Cl2N. The third-order valence-electron chi connectivity index (χ3n) is 0.790. The van der Waals surface area contributed by atoms with Crippen LogP contribution in [-0.4, -0.2) is 11.8 Å². The minimum absolute atomic E-state index is 0.557. The van der Waals surface area contributed by atoms with Gasteiger partial charge in [-0.15, -0.1) is 23.2 Å². The van der Waals surface area contributed by atoms with Crippen LogP contribution in [-0.2, 0) is 0 Å². The van der Waals surface area contributed by atoms with Gasteiger partial charge in [0.05, 0.1) is 0 Å². The predicted molar refractivity (Wildman–Crippen MR) is 52.0 cm³/mol. The van der Waals surface area contributed by atoms with Crippen molar-refractivity contribution < 1.29 is 0 Å². The Morgan fingerprint density at radius 3 is 1.64 bits per heavy atom. The Morgan fingerprint density at radius 1 is 0.818 bits per heavy atom. The molecule has 0 fully saturated rings. The van der Waals surface area contributed by atoms with Crippen molar-refractivity contribution in [2.75, 3.05) is 11.8 Å². The summed E-state index contributed by atoms with van der Waals surface area (Å²) in [5.74, 6) is 1.11. The molecule has 0 unspecified atom stereocenters. The van der Waals surface area contributed by atoms with Crippen LogP contribution in [0.4, 0.5) is 0 Å². The van der Waals surface area contributed by atoms with Gasteiger partial charge < -0.3 is 5.32 Å². The van der Waals surface area contributed by atoms with Gasteiger partial charge in [-0.3, -0.25) is 0 Å². The van der Waals surface area contributed by atoms with E-state index in [4.69, 9.17) is 23.2 Å². The highest BCUT2D eigenvalue weighted by Gasteiger charge is 1.67. The molecule has 1 nitrogen and oxygen atoms in total. The van der Waals surface area contributed by atoms with Crippen molar-refractivity contribution in [3.05, 3.63) is 36.7 Å². The van der Waals surface area contributed by atoms with Crippen LogP contribution in [0.3, 0.4) is 0 Å². The molecule has 0 atom stereocenters. The van der Waals surface area contributed by atoms with E-state index in [1.165, 1.54) is 0 Å². The zero-order valence-electron chi connectivity index (χ0n) is 6.13. The number of halogens is 2. The summed E-state index contributed by atoms with van der Waals surface area (Å²) in [4.78, 5) is 0. The zero-order valence-corrected chi connectivity index (χ0v) is 7.65. The van der Waals surface area contributed by atoms with Crippen molar-refractivity contribution in [3.63, 3.8) is 0 Å². The molecule has 0 spiro atoms. The fourth-order valence-electron chi connectivity index (χ4n) is 0.406. The van der Waals surface area contributed by atoms with E-state index in [-0.39, 0.29) is 0 Å². The molecule has 0 aromatic rings. The smallest absolute Gasteiger partial charge is 0.0359 e. The van der Waals surface area contributed by atoms with E-state index in [1.807, 2.05) is 36.7 Å². The van der Waals surface area contributed by atoms with E-state index in [1.54, 1.807) is 0 Å². The maximum absolute atomic E-state index is 5.05. The molecule has 0 radical (unpaired) electrons. The Bertz CT molecular complexity index is 134. The fraction of sp³-hybridized carbons (Fsp3) is 0.250. The molecule has 1 heterocycles. The van der Waals surface area contributed by atoms with Gasteiger partial charge in [0.1, 0.15) is 0 Å². The number of rotatable bonds is 1. The van der Waals surface area contributed by atoms with Crippen LogP contribution in [0, 0.1) is 0 Å². The topological polar surface area (TPSA) is 12.0 Å². The van der Waals surface area contributed by atoms with Crippen molar-refractivity contribution in [1.82, 2.24) is 5.32 Å². The highest BCUT2D eigenvalue weighted by atomic mass is 35.5. The number of hydrogen-bond donors (Lipinski definition) is 1. The lowest BCUT2D eigenvalue weighted by Gasteiger charge is -1.79. The van der Waals surface area contributed by atoms with Crippen molar-refractivity contribution in [2.24, 2.45) is 0 Å². The summed E-state index contributed by atoms with van der Waals surface area (Å²) in [6, 6.07) is 0. The Labute approximate surface area is 77.4 Å². The van der Waals surface area contributed by atoms with E-state index in [0.717, 1.165) is 0 Å². The van der Waals surface area contributed by atoms with Crippen molar-refractivity contribution in [3.8, 4) is 0 Å². The fourth-order valence-corrected chi connectivity index (χ4v) is 0.406. The first-order valence-corrected chi connectivity index (χ1v) is 4.35. The largest absolute Gasteiger partial charge is 0.368 e. The van der Waals surface area contributed by atoms with Gasteiger partial charge in [0.25, 0.3) is 0 Å². The second kappa shape index (κ2) is 9.60. The summed E-state index contributed by atoms with van der Waals surface area (Å²) in [5, 5.41) is 2.92. The van der Waals surface area contributed by atoms with Gasteiger partial charge in [0.15, 0.2) is 0 Å². The molecule has 0 amide bonds. The lowest BCUT2D eigenvalue weighted by Crippen LogP contribution is -1.87. The van der Waals surface area contributed by atoms with Gasteiger partial charge in [-0.1, -0.05) is 12.2 Å². The van der Waals surface area contributed by atoms with E-state index in [2.05, 4.69) is 5.32 Å². The van der Waals surface area contributed by atoms with Crippen LogP contribution in [0.5, 0.6) is 0 Å². The Kier molecular flexibility index (Phi) is 9.25. The monoisotopic (exact) mass is 191 g/mol. The molecule has 1 rings (SSSR count). The maximum Gasteiger partial charge on any atom is 0.0359 e. The van der Waals surface area contributed by atoms with Crippen LogP contribution in [0.15, 0.2) is 36.7 Å². The standard InChI is InChI=1S/C6H7N.C2H4Cl2/c1-2-4-6-7-5-3-1;3-1-2-4/h1-7H;1-2H2. The molecule has 1 aliphatic heterocycles. The summed E-state index contributed by atoms with van der Waals surface area (Å²) in [6.45, 7) is 0. The van der Waals surface area contributed by atoms with Crippen molar-refractivity contribution >= 4 is 23.2 Å². The SMILES string of the molecule is C1=CC=CNC=C1.ClCCCl. The van der Waals surface area contributed by atoms with E-state index in [0.29, 0.717) is 11.8 Å². The number of hydrogen-bond acceptors (Lipinski definition) is 1. The first-order chi connectivity index (χ1) is 5.41. The molecule has 11 heavy (non-hydrogen) atoms. The molecule has 62 valence electrons. The van der Waals surface area contributed by atoms with Crippen molar-refractivity contribution in [2.45, 2.75) is 0 Å². The molecule has 1 aliphatic rings. The summed E-state index contributed by atoms with van der Waals surface area (Å²) in [6.07, 6.45) is 11.6. The summed E-state index contributed by atoms with van der Waals surface area (Å²) in [5.41, 5.74) is 0. The summed E-state index contributed by atoms with van der Waals surface area (Å²) < 4.78 is 0. The van der Waals surface area contributed by atoms with Gasteiger partial charge in [-0.2, -0.15) is 0 Å². The van der Waals surface area contributed by atoms with Crippen molar-refractivity contribution in [1.29, 1.82) is 0 Å². The lowest BCUT2D eigenvalue weighted by atomic mass is 10.5. The zero-order chi connectivity index (χ0) is 8.36. The van der Waals surface area contributed by atoms with Crippen LogP contribution in [0.1, 0.15) is 0 Å². The molecule has 0 bridgehead atoms. The van der Waals surface area contributed by atoms with E-state index in [9.17, 15) is 0 Å². The first kappa shape index (κ1) is 10.6. The number of nitrogens with one attached hydrogen (secondary N) is 1. The van der Waals surface area contributed by atoms with Crippen LogP contribution in [0.2, 0.25) is 0 Å². The average Bonchev–Trinajstić information content (AvgIpc) is 2.35. The quantitative estimate of drug-likeness (QED) is 0.629. The minimum atomic E-state index is 0.557. The van der Waals surface area contributed by atoms with Crippen LogP contribution >= 0.6 is 23.2 Å². The number of alkyl halides is 2. The summed E-state index contributed by atoms with van der Waals surface area (Å²) >= 11 is 10.1. The Balaban J connectivity index is 0.000000218. The van der Waals surface area contributed by atoms with Gasteiger partial charge in [-0.05, 0) is 12.2 Å². The average molecular weight is 192 g/mol. The van der Waals surface area contributed by atoms with Gasteiger partial charge in [-0.25, -0.2) is 0 Å². The highest BCUT2D eigenvalue weighted by Crippen LogP contribution is 1.81. The van der Waals surface area contributed by atoms with E-state index >= 15 is 0 Å². The van der Waals surface area contributed by atoms with Crippen LogP contribution in [0.25, 0.3) is 0 Å². The maximum atomic E-state index is 5.05. The van der Waals surface area contributed by atoms with Gasteiger partial charge in [0, 0.05) is 24.2 Å². The van der Waals surface area contributed by atoms with E-state index < -0.39 is 0 Å². The third-order valence-corrected chi connectivity index (χ3v) is 1.36. The number of allylic oxidation sites excluding steroid dienone is 4. The van der Waals surface area contributed by atoms with Gasteiger partial charge in [0.2, 0.25) is 0 Å². The molecule has 0 saturated heterocycles. The molecule has 0 aromatic carbocycles. The molecule has 1 N–H and O–H groups in total. The first-order valence-electron chi connectivity index (χ1n) is 3.28.